The average Bonchev–Trinajstić information content (AvgIpc) is 3.51. The Labute approximate surface area is 220 Å². The van der Waals surface area contributed by atoms with Crippen LogP contribution in [0.2, 0.25) is 0 Å². The lowest BCUT2D eigenvalue weighted by Crippen LogP contribution is -2.22. The van der Waals surface area contributed by atoms with Crippen LogP contribution in [0, 0.1) is 5.82 Å². The van der Waals surface area contributed by atoms with Gasteiger partial charge in [0.2, 0.25) is 0 Å². The summed E-state index contributed by atoms with van der Waals surface area (Å²) in [7, 11) is -4.82. The number of sulfonamides is 1. The molecule has 0 amide bonds. The standard InChI is InChI=1S/C23H16F7N3O4S2/c24-14-3-5-15(6-4-14)33-21(11-17(31-33)19-2-1-9-38-19)32-39(34,35)20-10-16(36-12-22(25,26)27)7-8-18(20)37-13-23(28,29)30/h1-11,32H,12-13H2. The summed E-state index contributed by atoms with van der Waals surface area (Å²) in [5.41, 5.74) is 0.538. The van der Waals surface area contributed by atoms with Gasteiger partial charge in [-0.2, -0.15) is 31.4 Å². The molecule has 0 fully saturated rings. The Balaban J connectivity index is 1.76. The van der Waals surface area contributed by atoms with E-state index in [0.717, 1.165) is 28.9 Å². The zero-order valence-corrected chi connectivity index (χ0v) is 20.9. The number of alkyl halides is 6. The summed E-state index contributed by atoms with van der Waals surface area (Å²) in [4.78, 5) is -0.288. The molecule has 0 unspecified atom stereocenters. The number of hydrogen-bond donors (Lipinski definition) is 1. The molecule has 0 saturated carbocycles. The van der Waals surface area contributed by atoms with Crippen molar-refractivity contribution in [2.24, 2.45) is 0 Å². The van der Waals surface area contributed by atoms with Gasteiger partial charge in [0.1, 0.15) is 33.7 Å². The van der Waals surface area contributed by atoms with Gasteiger partial charge in [-0.1, -0.05) is 6.07 Å². The van der Waals surface area contributed by atoms with E-state index in [0.29, 0.717) is 16.6 Å². The molecule has 0 aliphatic rings. The third-order valence-electron chi connectivity index (χ3n) is 4.79. The monoisotopic (exact) mass is 595 g/mol. The molecule has 0 atom stereocenters. The van der Waals surface area contributed by atoms with Crippen molar-refractivity contribution in [2.75, 3.05) is 17.9 Å². The highest BCUT2D eigenvalue weighted by Gasteiger charge is 2.32. The molecule has 0 bridgehead atoms. The van der Waals surface area contributed by atoms with Gasteiger partial charge in [0.15, 0.2) is 13.2 Å². The van der Waals surface area contributed by atoms with Gasteiger partial charge < -0.3 is 9.47 Å². The van der Waals surface area contributed by atoms with Gasteiger partial charge in [-0.15, -0.1) is 11.3 Å². The summed E-state index contributed by atoms with van der Waals surface area (Å²) in [6, 6.07) is 11.8. The van der Waals surface area contributed by atoms with E-state index in [-0.39, 0.29) is 11.5 Å². The van der Waals surface area contributed by atoms with Gasteiger partial charge in [0.05, 0.1) is 10.6 Å². The Morgan fingerprint density at radius 3 is 2.18 bits per heavy atom. The fourth-order valence-corrected chi connectivity index (χ4v) is 5.08. The van der Waals surface area contributed by atoms with Crippen molar-refractivity contribution in [1.29, 1.82) is 0 Å². The van der Waals surface area contributed by atoms with Crippen LogP contribution in [0.1, 0.15) is 0 Å². The van der Waals surface area contributed by atoms with Gasteiger partial charge in [-0.05, 0) is 47.8 Å². The van der Waals surface area contributed by atoms with Gasteiger partial charge in [-0.3, -0.25) is 4.72 Å². The van der Waals surface area contributed by atoms with Crippen molar-refractivity contribution in [3.05, 3.63) is 71.9 Å². The molecular weight excluding hydrogens is 579 g/mol. The molecule has 1 N–H and O–H groups in total. The SMILES string of the molecule is O=S(=O)(Nc1cc(-c2cccs2)nn1-c1ccc(F)cc1)c1cc(OCC(F)(F)F)ccc1OCC(F)(F)F. The van der Waals surface area contributed by atoms with Crippen LogP contribution >= 0.6 is 11.3 Å². The highest BCUT2D eigenvalue weighted by molar-refractivity contribution is 7.92. The molecule has 7 nitrogen and oxygen atoms in total. The van der Waals surface area contributed by atoms with Crippen LogP contribution in [0.15, 0.2) is 70.9 Å². The van der Waals surface area contributed by atoms with Crippen LogP contribution in [0.3, 0.4) is 0 Å². The Bertz CT molecular complexity index is 1530. The molecule has 16 heteroatoms. The number of nitrogens with one attached hydrogen (secondary N) is 1. The van der Waals surface area contributed by atoms with Gasteiger partial charge in [-0.25, -0.2) is 17.5 Å². The van der Waals surface area contributed by atoms with Crippen molar-refractivity contribution in [3.8, 4) is 27.8 Å². The molecule has 0 aliphatic carbocycles. The lowest BCUT2D eigenvalue weighted by molar-refractivity contribution is -0.154. The van der Waals surface area contributed by atoms with Gasteiger partial charge >= 0.3 is 12.4 Å². The number of aromatic nitrogens is 2. The second kappa shape index (κ2) is 10.8. The Morgan fingerprint density at radius 2 is 1.56 bits per heavy atom. The molecule has 2 aromatic heterocycles. The number of rotatable bonds is 9. The quantitative estimate of drug-likeness (QED) is 0.226. The second-order valence-corrected chi connectivity index (χ2v) is 10.4. The number of thiophene rings is 1. The minimum absolute atomic E-state index is 0.201. The highest BCUT2D eigenvalue weighted by atomic mass is 32.2. The number of nitrogens with zero attached hydrogens (tertiary/aromatic N) is 2. The van der Waals surface area contributed by atoms with E-state index in [1.54, 1.807) is 17.5 Å². The van der Waals surface area contributed by atoms with Gasteiger partial charge in [0.25, 0.3) is 10.0 Å². The van der Waals surface area contributed by atoms with E-state index >= 15 is 0 Å². The van der Waals surface area contributed by atoms with E-state index in [2.05, 4.69) is 19.3 Å². The van der Waals surface area contributed by atoms with E-state index in [9.17, 15) is 39.2 Å². The summed E-state index contributed by atoms with van der Waals surface area (Å²) in [5.74, 6) is -2.15. The van der Waals surface area contributed by atoms with Crippen LogP contribution in [0.4, 0.5) is 36.6 Å². The Kier molecular flexibility index (Phi) is 7.79. The maximum Gasteiger partial charge on any atom is 0.422 e. The maximum absolute atomic E-state index is 13.5. The number of ether oxygens (including phenoxy) is 2. The number of halogens is 7. The van der Waals surface area contributed by atoms with E-state index in [1.165, 1.54) is 29.5 Å². The summed E-state index contributed by atoms with van der Waals surface area (Å²) in [5, 5.41) is 6.09. The molecule has 208 valence electrons. The highest BCUT2D eigenvalue weighted by Crippen LogP contribution is 2.34. The second-order valence-electron chi connectivity index (χ2n) is 7.80. The average molecular weight is 596 g/mol. The Hall–Kier alpha value is -3.79. The first-order valence-corrected chi connectivity index (χ1v) is 13.0. The zero-order valence-electron chi connectivity index (χ0n) is 19.3. The summed E-state index contributed by atoms with van der Waals surface area (Å²) in [6.07, 6.45) is -9.60. The summed E-state index contributed by atoms with van der Waals surface area (Å²) < 4.78 is 129. The number of hydrogen-bond acceptors (Lipinski definition) is 6. The number of anilines is 1. The summed E-state index contributed by atoms with van der Waals surface area (Å²) in [6.45, 7) is -3.64. The van der Waals surface area contributed by atoms with Crippen LogP contribution in [0.5, 0.6) is 11.5 Å². The first kappa shape index (κ1) is 28.2. The largest absolute Gasteiger partial charge is 0.484 e. The van der Waals surface area contributed by atoms with E-state index in [1.807, 2.05) is 0 Å². The van der Waals surface area contributed by atoms with Crippen molar-refractivity contribution in [3.63, 3.8) is 0 Å². The van der Waals surface area contributed by atoms with Crippen molar-refractivity contribution < 1.29 is 48.6 Å². The predicted molar refractivity (Wildman–Crippen MR) is 127 cm³/mol. The third-order valence-corrected chi connectivity index (χ3v) is 7.06. The van der Waals surface area contributed by atoms with E-state index < -0.39 is 57.8 Å². The van der Waals surface area contributed by atoms with Crippen LogP contribution in [0.25, 0.3) is 16.3 Å². The molecule has 4 aromatic rings. The first-order chi connectivity index (χ1) is 18.2. The molecule has 0 radical (unpaired) electrons. The molecule has 2 heterocycles. The molecule has 39 heavy (non-hydrogen) atoms. The molecule has 0 spiro atoms. The minimum Gasteiger partial charge on any atom is -0.484 e. The van der Waals surface area contributed by atoms with Crippen LogP contribution in [-0.2, 0) is 10.0 Å². The topological polar surface area (TPSA) is 82.5 Å². The minimum atomic E-state index is -4.84. The Morgan fingerprint density at radius 1 is 0.897 bits per heavy atom. The van der Waals surface area contributed by atoms with Gasteiger partial charge in [0, 0.05) is 12.1 Å². The van der Waals surface area contributed by atoms with Crippen molar-refractivity contribution in [1.82, 2.24) is 9.78 Å². The molecule has 2 aromatic carbocycles. The first-order valence-electron chi connectivity index (χ1n) is 10.7. The molecular formula is C23H16F7N3O4S2. The van der Waals surface area contributed by atoms with Crippen molar-refractivity contribution >= 4 is 27.2 Å². The lowest BCUT2D eigenvalue weighted by Gasteiger charge is -2.17. The molecule has 4 rings (SSSR count). The fraction of sp³-hybridized carbons (Fsp3) is 0.174. The van der Waals surface area contributed by atoms with E-state index in [4.69, 9.17) is 0 Å². The van der Waals surface area contributed by atoms with Crippen LogP contribution < -0.4 is 14.2 Å². The molecule has 0 aliphatic heterocycles. The normalized spacial score (nSPS) is 12.4. The predicted octanol–water partition coefficient (Wildman–Crippen LogP) is 6.42. The zero-order chi connectivity index (χ0) is 28.4. The summed E-state index contributed by atoms with van der Waals surface area (Å²) >= 11 is 1.28. The smallest absolute Gasteiger partial charge is 0.422 e. The van der Waals surface area contributed by atoms with Crippen LogP contribution in [-0.4, -0.2) is 43.8 Å². The molecule has 0 saturated heterocycles. The third kappa shape index (κ3) is 7.41. The van der Waals surface area contributed by atoms with Crippen molar-refractivity contribution in [2.45, 2.75) is 17.2 Å². The lowest BCUT2D eigenvalue weighted by atomic mass is 10.3. The fourth-order valence-electron chi connectivity index (χ4n) is 3.20. The maximum atomic E-state index is 13.5. The number of benzene rings is 2.